The van der Waals surface area contributed by atoms with Crippen molar-refractivity contribution in [2.75, 3.05) is 0 Å². The van der Waals surface area contributed by atoms with Gasteiger partial charge in [-0.1, -0.05) is 60.7 Å². The molecular weight excluding hydrogens is 396 g/mol. The molecule has 8 rings (SSSR count). The molecule has 4 fully saturated rings. The smallest absolute Gasteiger partial charge is 0.00390 e. The van der Waals surface area contributed by atoms with Crippen molar-refractivity contribution in [2.24, 2.45) is 22.7 Å². The van der Waals surface area contributed by atoms with Gasteiger partial charge in [-0.05, 0) is 127 Å². The summed E-state index contributed by atoms with van der Waals surface area (Å²) in [7, 11) is 0. The number of hydrogen-bond donors (Lipinski definition) is 0. The number of hydrogen-bond acceptors (Lipinski definition) is 0. The summed E-state index contributed by atoms with van der Waals surface area (Å²) in [5.74, 6) is 3.17. The van der Waals surface area contributed by atoms with Gasteiger partial charge in [-0.15, -0.1) is 0 Å². The molecule has 0 saturated heterocycles. The van der Waals surface area contributed by atoms with E-state index in [0.717, 1.165) is 11.8 Å². The number of fused-ring (bicyclic) bond motifs is 6. The van der Waals surface area contributed by atoms with Gasteiger partial charge in [0.25, 0.3) is 0 Å². The molecule has 0 nitrogen and oxygen atoms in total. The minimum atomic E-state index is 0.506. The quantitative estimate of drug-likeness (QED) is 0.452. The topological polar surface area (TPSA) is 0 Å². The molecule has 168 valence electrons. The number of allylic oxidation sites excluding steroid dienone is 4. The molecule has 4 bridgehead atoms. The summed E-state index contributed by atoms with van der Waals surface area (Å²) in [4.78, 5) is 0. The second-order valence-corrected chi connectivity index (χ2v) is 12.6. The van der Waals surface area contributed by atoms with Crippen molar-refractivity contribution in [1.29, 1.82) is 0 Å². The van der Waals surface area contributed by atoms with Crippen LogP contribution >= 0.6 is 0 Å². The van der Waals surface area contributed by atoms with Gasteiger partial charge in [-0.25, -0.2) is 0 Å². The third-order valence-electron chi connectivity index (χ3n) is 11.2. The Morgan fingerprint density at radius 3 is 1.39 bits per heavy atom. The summed E-state index contributed by atoms with van der Waals surface area (Å²) in [5.41, 5.74) is 10.9. The molecule has 2 atom stereocenters. The highest BCUT2D eigenvalue weighted by molar-refractivity contribution is 5.81. The van der Waals surface area contributed by atoms with Gasteiger partial charge in [0.2, 0.25) is 0 Å². The fourth-order valence-electron chi connectivity index (χ4n) is 9.62. The molecule has 0 N–H and O–H groups in total. The molecule has 2 aromatic rings. The van der Waals surface area contributed by atoms with Gasteiger partial charge in [0, 0.05) is 11.8 Å². The van der Waals surface area contributed by atoms with Gasteiger partial charge in [-0.3, -0.25) is 0 Å². The zero-order chi connectivity index (χ0) is 21.6. The van der Waals surface area contributed by atoms with Crippen molar-refractivity contribution in [3.63, 3.8) is 0 Å². The van der Waals surface area contributed by atoms with Crippen LogP contribution in [-0.4, -0.2) is 0 Å². The predicted molar refractivity (Wildman–Crippen MR) is 137 cm³/mol. The lowest BCUT2D eigenvalue weighted by molar-refractivity contribution is 0.399. The van der Waals surface area contributed by atoms with Gasteiger partial charge >= 0.3 is 0 Å². The lowest BCUT2D eigenvalue weighted by Crippen LogP contribution is -2.15. The molecule has 0 aromatic heterocycles. The minimum Gasteiger partial charge on any atom is -0.0726 e. The Bertz CT molecular complexity index is 1080. The largest absolute Gasteiger partial charge is 0.0726 e. The van der Waals surface area contributed by atoms with Crippen LogP contribution in [0, 0.1) is 22.7 Å². The van der Waals surface area contributed by atoms with Crippen LogP contribution in [-0.2, 0) is 0 Å². The first kappa shape index (κ1) is 19.2. The first-order valence-corrected chi connectivity index (χ1v) is 13.9. The van der Waals surface area contributed by atoms with E-state index in [1.807, 2.05) is 0 Å². The predicted octanol–water partition coefficient (Wildman–Crippen LogP) is 8.90. The molecule has 6 aliphatic rings. The van der Waals surface area contributed by atoms with Crippen LogP contribution in [0.3, 0.4) is 0 Å². The van der Waals surface area contributed by atoms with E-state index in [0.29, 0.717) is 22.7 Å². The molecule has 33 heavy (non-hydrogen) atoms. The first-order valence-electron chi connectivity index (χ1n) is 13.9. The standard InChI is InChI=1S/C33H36/c1-3-7-28-26(5-1)24(18-30(28)32-13-9-22(20-32)10-14-32)17-25-19-31(29-8-4-2-6-27(25)29)33-15-11-23(21-33)12-16-33/h1-8,18-19,22-25H,9-17,20-21H2. The van der Waals surface area contributed by atoms with Gasteiger partial charge < -0.3 is 0 Å². The third-order valence-corrected chi connectivity index (χ3v) is 11.2. The van der Waals surface area contributed by atoms with E-state index >= 15 is 0 Å². The van der Waals surface area contributed by atoms with Crippen LogP contribution in [0.15, 0.2) is 60.7 Å². The maximum Gasteiger partial charge on any atom is 0.00390 e. The summed E-state index contributed by atoms with van der Waals surface area (Å²) in [5, 5.41) is 0. The fourth-order valence-corrected chi connectivity index (χ4v) is 9.62. The third kappa shape index (κ3) is 2.64. The molecule has 0 aliphatic heterocycles. The zero-order valence-corrected chi connectivity index (χ0v) is 19.9. The zero-order valence-electron chi connectivity index (χ0n) is 19.9. The van der Waals surface area contributed by atoms with Crippen molar-refractivity contribution < 1.29 is 0 Å². The summed E-state index contributed by atoms with van der Waals surface area (Å²) in [6, 6.07) is 18.9. The summed E-state index contributed by atoms with van der Waals surface area (Å²) in [6.07, 6.45) is 21.3. The molecule has 0 heteroatoms. The lowest BCUT2D eigenvalue weighted by Gasteiger charge is -2.29. The molecule has 4 saturated carbocycles. The second kappa shape index (κ2) is 6.74. The maximum atomic E-state index is 2.76. The lowest BCUT2D eigenvalue weighted by atomic mass is 9.75. The van der Waals surface area contributed by atoms with E-state index in [2.05, 4.69) is 60.7 Å². The van der Waals surface area contributed by atoms with E-state index in [9.17, 15) is 0 Å². The van der Waals surface area contributed by atoms with Crippen molar-refractivity contribution in [3.8, 4) is 0 Å². The Labute approximate surface area is 199 Å². The van der Waals surface area contributed by atoms with E-state index in [4.69, 9.17) is 0 Å². The van der Waals surface area contributed by atoms with E-state index in [1.54, 1.807) is 33.4 Å². The van der Waals surface area contributed by atoms with Crippen molar-refractivity contribution >= 4 is 11.1 Å². The van der Waals surface area contributed by atoms with Crippen LogP contribution in [0.2, 0.25) is 0 Å². The molecule has 0 spiro atoms. The minimum absolute atomic E-state index is 0.506. The first-order chi connectivity index (χ1) is 16.2. The Morgan fingerprint density at radius 2 is 1.00 bits per heavy atom. The molecule has 2 unspecified atom stereocenters. The van der Waals surface area contributed by atoms with E-state index in [1.165, 1.54) is 70.6 Å². The molecule has 0 radical (unpaired) electrons. The van der Waals surface area contributed by atoms with E-state index < -0.39 is 0 Å². The molecule has 2 aromatic carbocycles. The van der Waals surface area contributed by atoms with Crippen molar-refractivity contribution in [2.45, 2.75) is 82.5 Å². The van der Waals surface area contributed by atoms with Gasteiger partial charge in [-0.2, -0.15) is 0 Å². The van der Waals surface area contributed by atoms with Crippen molar-refractivity contribution in [3.05, 3.63) is 82.9 Å². The molecular formula is C33H36. The monoisotopic (exact) mass is 432 g/mol. The highest BCUT2D eigenvalue weighted by Gasteiger charge is 2.51. The van der Waals surface area contributed by atoms with Crippen LogP contribution in [0.25, 0.3) is 11.1 Å². The van der Waals surface area contributed by atoms with Crippen LogP contribution in [0.4, 0.5) is 0 Å². The van der Waals surface area contributed by atoms with Crippen LogP contribution in [0.1, 0.15) is 105 Å². The van der Waals surface area contributed by atoms with Crippen molar-refractivity contribution in [1.82, 2.24) is 0 Å². The SMILES string of the molecule is C1=C(C23CCC(CC2)C3)c2ccccc2C1CC1C=C(C23CCC(CC2)C3)c2ccccc21. The summed E-state index contributed by atoms with van der Waals surface area (Å²) < 4.78 is 0. The summed E-state index contributed by atoms with van der Waals surface area (Å²) in [6.45, 7) is 0. The molecule has 0 heterocycles. The highest BCUT2D eigenvalue weighted by atomic mass is 14.5. The number of benzene rings is 2. The van der Waals surface area contributed by atoms with Gasteiger partial charge in [0.1, 0.15) is 0 Å². The summed E-state index contributed by atoms with van der Waals surface area (Å²) >= 11 is 0. The van der Waals surface area contributed by atoms with Crippen LogP contribution < -0.4 is 0 Å². The maximum absolute atomic E-state index is 2.76. The van der Waals surface area contributed by atoms with Gasteiger partial charge in [0.15, 0.2) is 0 Å². The highest BCUT2D eigenvalue weighted by Crippen LogP contribution is 2.65. The normalized spacial score (nSPS) is 39.6. The van der Waals surface area contributed by atoms with Gasteiger partial charge in [0.05, 0.1) is 0 Å². The van der Waals surface area contributed by atoms with E-state index in [-0.39, 0.29) is 0 Å². The molecule has 0 amide bonds. The number of rotatable bonds is 4. The Hall–Kier alpha value is -2.08. The Kier molecular flexibility index (Phi) is 3.93. The fraction of sp³-hybridized carbons (Fsp3) is 0.515. The second-order valence-electron chi connectivity index (χ2n) is 12.6. The van der Waals surface area contributed by atoms with Crippen LogP contribution in [0.5, 0.6) is 0 Å². The molecule has 6 aliphatic carbocycles. The average Bonchev–Trinajstić information content (AvgIpc) is 3.70. The average molecular weight is 433 g/mol. The Morgan fingerprint density at radius 1 is 0.576 bits per heavy atom. The Balaban J connectivity index is 1.18.